The van der Waals surface area contributed by atoms with Gasteiger partial charge in [-0.1, -0.05) is 17.7 Å². The molecule has 0 unspecified atom stereocenters. The van der Waals surface area contributed by atoms with E-state index >= 15 is 0 Å². The summed E-state index contributed by atoms with van der Waals surface area (Å²) in [5.74, 6) is -0.385. The number of halogens is 1. The van der Waals surface area contributed by atoms with Crippen LogP contribution in [0.1, 0.15) is 27.0 Å². The Labute approximate surface area is 153 Å². The fraction of sp³-hybridized carbons (Fsp3) is 0.278. The van der Waals surface area contributed by atoms with Gasteiger partial charge in [0, 0.05) is 30.4 Å². The summed E-state index contributed by atoms with van der Waals surface area (Å²) in [6.45, 7) is 5.32. The van der Waals surface area contributed by atoms with Crippen molar-refractivity contribution >= 4 is 33.2 Å². The second kappa shape index (κ2) is 7.15. The molecule has 1 amide bonds. The first-order valence-corrected chi connectivity index (χ1v) is 9.47. The Balaban J connectivity index is 2.48. The zero-order chi connectivity index (χ0) is 18.9. The normalized spacial score (nSPS) is 11.6. The molecule has 0 bridgehead atoms. The van der Waals surface area contributed by atoms with Gasteiger partial charge in [0.05, 0.1) is 4.90 Å². The van der Waals surface area contributed by atoms with Crippen LogP contribution >= 0.6 is 11.6 Å². The summed E-state index contributed by atoms with van der Waals surface area (Å²) in [6, 6.07) is 8.32. The summed E-state index contributed by atoms with van der Waals surface area (Å²) in [7, 11) is -0.713. The van der Waals surface area contributed by atoms with Crippen LogP contribution in [0.4, 0.5) is 5.69 Å². The van der Waals surface area contributed by atoms with Gasteiger partial charge >= 0.3 is 0 Å². The quantitative estimate of drug-likeness (QED) is 0.877. The zero-order valence-electron chi connectivity index (χ0n) is 14.8. The molecular weight excluding hydrogens is 360 g/mol. The third-order valence-electron chi connectivity index (χ3n) is 4.16. The fourth-order valence-corrected chi connectivity index (χ4v) is 3.75. The van der Waals surface area contributed by atoms with Crippen LogP contribution in [0.5, 0.6) is 0 Å². The van der Waals surface area contributed by atoms with E-state index in [2.05, 4.69) is 5.32 Å². The van der Waals surface area contributed by atoms with Gasteiger partial charge in [0.2, 0.25) is 10.0 Å². The maximum Gasteiger partial charge on any atom is 0.255 e. The number of sulfonamides is 1. The van der Waals surface area contributed by atoms with E-state index in [-0.39, 0.29) is 16.4 Å². The summed E-state index contributed by atoms with van der Waals surface area (Å²) >= 11 is 6.07. The van der Waals surface area contributed by atoms with Crippen LogP contribution in [0.25, 0.3) is 0 Å². The van der Waals surface area contributed by atoms with Crippen molar-refractivity contribution in [3.05, 3.63) is 57.6 Å². The Hall–Kier alpha value is -1.89. The van der Waals surface area contributed by atoms with Gasteiger partial charge in [0.1, 0.15) is 0 Å². The molecule has 25 heavy (non-hydrogen) atoms. The molecule has 0 aliphatic carbocycles. The van der Waals surface area contributed by atoms with Crippen molar-refractivity contribution < 1.29 is 13.2 Å². The van der Waals surface area contributed by atoms with Crippen molar-refractivity contribution in [2.24, 2.45) is 0 Å². The van der Waals surface area contributed by atoms with Crippen molar-refractivity contribution in [2.75, 3.05) is 19.4 Å². The van der Waals surface area contributed by atoms with E-state index in [1.807, 2.05) is 0 Å². The van der Waals surface area contributed by atoms with E-state index < -0.39 is 10.0 Å². The van der Waals surface area contributed by atoms with E-state index in [4.69, 9.17) is 11.6 Å². The molecule has 0 aromatic heterocycles. The van der Waals surface area contributed by atoms with Gasteiger partial charge in [0.15, 0.2) is 0 Å². The summed E-state index contributed by atoms with van der Waals surface area (Å²) in [5.41, 5.74) is 2.98. The maximum atomic E-state index is 12.6. The van der Waals surface area contributed by atoms with Gasteiger partial charge in [0.25, 0.3) is 5.91 Å². The zero-order valence-corrected chi connectivity index (χ0v) is 16.4. The molecule has 7 heteroatoms. The Kier molecular flexibility index (Phi) is 5.56. The molecule has 0 heterocycles. The number of carbonyl (C=O) groups excluding carboxylic acids is 1. The molecular formula is C18H21ClN2O3S. The highest BCUT2D eigenvalue weighted by atomic mass is 35.5. The van der Waals surface area contributed by atoms with Crippen LogP contribution in [0.15, 0.2) is 35.2 Å². The third-order valence-corrected chi connectivity index (χ3v) is 6.51. The van der Waals surface area contributed by atoms with Crippen molar-refractivity contribution in [1.82, 2.24) is 4.31 Å². The number of nitrogens with one attached hydrogen (secondary N) is 1. The number of amides is 1. The molecule has 0 aliphatic heterocycles. The highest BCUT2D eigenvalue weighted by Crippen LogP contribution is 2.26. The monoisotopic (exact) mass is 380 g/mol. The second-order valence-corrected chi connectivity index (χ2v) is 8.60. The average Bonchev–Trinajstić information content (AvgIpc) is 2.53. The first-order chi connectivity index (χ1) is 11.6. The van der Waals surface area contributed by atoms with E-state index in [9.17, 15) is 13.2 Å². The molecule has 2 rings (SSSR count). The topological polar surface area (TPSA) is 66.5 Å². The molecule has 1 N–H and O–H groups in total. The van der Waals surface area contributed by atoms with Gasteiger partial charge in [-0.15, -0.1) is 0 Å². The highest BCUT2D eigenvalue weighted by Gasteiger charge is 2.23. The van der Waals surface area contributed by atoms with Gasteiger partial charge < -0.3 is 5.32 Å². The van der Waals surface area contributed by atoms with E-state index in [0.29, 0.717) is 16.3 Å². The van der Waals surface area contributed by atoms with Crippen LogP contribution in [-0.4, -0.2) is 32.7 Å². The Bertz CT molecular complexity index is 938. The molecule has 0 spiro atoms. The maximum absolute atomic E-state index is 12.6. The molecule has 0 radical (unpaired) electrons. The summed E-state index contributed by atoms with van der Waals surface area (Å²) in [5, 5.41) is 3.34. The Morgan fingerprint density at radius 3 is 2.32 bits per heavy atom. The lowest BCUT2D eigenvalue weighted by molar-refractivity contribution is 0.102. The number of carbonyl (C=O) groups is 1. The molecule has 0 saturated carbocycles. The number of hydrogen-bond acceptors (Lipinski definition) is 3. The minimum Gasteiger partial charge on any atom is -0.322 e. The fourth-order valence-electron chi connectivity index (χ4n) is 2.36. The standard InChI is InChI=1S/C18H21ClN2O3S/c1-11-9-14(10-17(12(11)2)25(23,24)21(4)5)18(22)20-16-8-6-7-15(19)13(16)3/h6-10H,1-5H3,(H,20,22). The van der Waals surface area contributed by atoms with Crippen LogP contribution in [0.2, 0.25) is 5.02 Å². The average molecular weight is 381 g/mol. The summed E-state index contributed by atoms with van der Waals surface area (Å²) < 4.78 is 26.2. The molecule has 2 aromatic carbocycles. The van der Waals surface area contributed by atoms with Crippen LogP contribution < -0.4 is 5.32 Å². The minimum atomic E-state index is -3.64. The number of rotatable bonds is 4. The van der Waals surface area contributed by atoms with E-state index in [1.54, 1.807) is 45.0 Å². The van der Waals surface area contributed by atoms with Crippen molar-refractivity contribution in [1.29, 1.82) is 0 Å². The number of nitrogens with zero attached hydrogens (tertiary/aromatic N) is 1. The van der Waals surface area contributed by atoms with Crippen molar-refractivity contribution in [3.63, 3.8) is 0 Å². The van der Waals surface area contributed by atoms with Crippen molar-refractivity contribution in [3.8, 4) is 0 Å². The van der Waals surface area contributed by atoms with Gasteiger partial charge in [-0.3, -0.25) is 4.79 Å². The highest BCUT2D eigenvalue weighted by molar-refractivity contribution is 7.89. The van der Waals surface area contributed by atoms with Crippen LogP contribution in [0.3, 0.4) is 0 Å². The van der Waals surface area contributed by atoms with Gasteiger partial charge in [-0.25, -0.2) is 12.7 Å². The lowest BCUT2D eigenvalue weighted by Gasteiger charge is -2.17. The SMILES string of the molecule is Cc1cc(C(=O)Nc2cccc(Cl)c2C)cc(S(=O)(=O)N(C)C)c1C. The van der Waals surface area contributed by atoms with Crippen molar-refractivity contribution in [2.45, 2.75) is 25.7 Å². The minimum absolute atomic E-state index is 0.130. The number of aryl methyl sites for hydroxylation is 1. The molecule has 5 nitrogen and oxygen atoms in total. The molecule has 0 saturated heterocycles. The molecule has 0 fully saturated rings. The smallest absolute Gasteiger partial charge is 0.255 e. The van der Waals surface area contributed by atoms with Gasteiger partial charge in [-0.05, 0) is 61.7 Å². The van der Waals surface area contributed by atoms with E-state index in [0.717, 1.165) is 15.4 Å². The summed E-state index contributed by atoms with van der Waals surface area (Å²) in [6.07, 6.45) is 0. The van der Waals surface area contributed by atoms with Gasteiger partial charge in [-0.2, -0.15) is 0 Å². The first kappa shape index (κ1) is 19.4. The third kappa shape index (κ3) is 3.86. The lowest BCUT2D eigenvalue weighted by atomic mass is 10.1. The predicted molar refractivity (Wildman–Crippen MR) is 101 cm³/mol. The second-order valence-electron chi connectivity index (χ2n) is 6.07. The Morgan fingerprint density at radius 2 is 1.72 bits per heavy atom. The lowest BCUT2D eigenvalue weighted by Crippen LogP contribution is -2.24. The predicted octanol–water partition coefficient (Wildman–Crippen LogP) is 3.77. The number of benzene rings is 2. The largest absolute Gasteiger partial charge is 0.322 e. The molecule has 0 atom stereocenters. The van der Waals surface area contributed by atoms with Crippen LogP contribution in [0, 0.1) is 20.8 Å². The number of anilines is 1. The molecule has 134 valence electrons. The first-order valence-electron chi connectivity index (χ1n) is 7.66. The van der Waals surface area contributed by atoms with Crippen LogP contribution in [-0.2, 0) is 10.0 Å². The molecule has 0 aliphatic rings. The Morgan fingerprint density at radius 1 is 1.08 bits per heavy atom. The molecule has 2 aromatic rings. The summed E-state index contributed by atoms with van der Waals surface area (Å²) in [4.78, 5) is 12.8. The van der Waals surface area contributed by atoms with E-state index in [1.165, 1.54) is 20.2 Å². The number of hydrogen-bond donors (Lipinski definition) is 1.